The van der Waals surface area contributed by atoms with Crippen LogP contribution < -0.4 is 5.32 Å². The van der Waals surface area contributed by atoms with Gasteiger partial charge in [-0.2, -0.15) is 0 Å². The van der Waals surface area contributed by atoms with Crippen molar-refractivity contribution in [1.29, 1.82) is 0 Å². The zero-order valence-corrected chi connectivity index (χ0v) is 14.1. The molecule has 1 aromatic rings. The van der Waals surface area contributed by atoms with E-state index in [0.717, 1.165) is 30.9 Å². The van der Waals surface area contributed by atoms with Crippen LogP contribution in [-0.4, -0.2) is 43.0 Å². The first-order chi connectivity index (χ1) is 11.0. The molecule has 0 aliphatic carbocycles. The molecule has 6 heteroatoms. The van der Waals surface area contributed by atoms with Crippen molar-refractivity contribution < 1.29 is 18.7 Å². The molecule has 0 saturated carbocycles. The first-order valence-corrected chi connectivity index (χ1v) is 8.37. The zero-order chi connectivity index (χ0) is 16.4. The van der Waals surface area contributed by atoms with Crippen LogP contribution in [0, 0.1) is 12.8 Å². The van der Waals surface area contributed by atoms with Crippen molar-refractivity contribution in [2.24, 2.45) is 5.92 Å². The number of rotatable bonds is 3. The van der Waals surface area contributed by atoms with Crippen molar-refractivity contribution in [3.05, 3.63) is 23.7 Å². The number of furan rings is 1. The second-order valence-corrected chi connectivity index (χ2v) is 6.62. The number of hydrogen-bond donors (Lipinski definition) is 1. The highest BCUT2D eigenvalue weighted by Gasteiger charge is 2.42. The molecule has 2 fully saturated rings. The standard InChI is InChI=1S/C17H26N2O4/c1-12-6-7-15(23-12)13(2)18-16(20)19-8-4-5-14(11-19)17(3)21-9-10-22-17/h6-7,13-14H,4-5,8-11H2,1-3H3,(H,18,20). The van der Waals surface area contributed by atoms with Gasteiger partial charge in [0.2, 0.25) is 0 Å². The van der Waals surface area contributed by atoms with Crippen LogP contribution in [0.15, 0.2) is 16.5 Å². The largest absolute Gasteiger partial charge is 0.464 e. The van der Waals surface area contributed by atoms with Crippen molar-refractivity contribution in [2.45, 2.75) is 45.4 Å². The number of aryl methyl sites for hydroxylation is 1. The molecule has 2 unspecified atom stereocenters. The molecule has 0 spiro atoms. The predicted molar refractivity (Wildman–Crippen MR) is 85.0 cm³/mol. The fraction of sp³-hybridized carbons (Fsp3) is 0.706. The Balaban J connectivity index is 1.58. The number of amides is 2. The predicted octanol–water partition coefficient (Wildman–Crippen LogP) is 2.83. The Morgan fingerprint density at radius 1 is 1.39 bits per heavy atom. The summed E-state index contributed by atoms with van der Waals surface area (Å²) in [7, 11) is 0. The topological polar surface area (TPSA) is 63.9 Å². The van der Waals surface area contributed by atoms with Crippen molar-refractivity contribution in [3.63, 3.8) is 0 Å². The van der Waals surface area contributed by atoms with Gasteiger partial charge in [-0.1, -0.05) is 0 Å². The second-order valence-electron chi connectivity index (χ2n) is 6.62. The third-order valence-electron chi connectivity index (χ3n) is 4.84. The fourth-order valence-corrected chi connectivity index (χ4v) is 3.39. The zero-order valence-electron chi connectivity index (χ0n) is 14.1. The Bertz CT molecular complexity index is 551. The van der Waals surface area contributed by atoms with Crippen LogP contribution in [0.3, 0.4) is 0 Å². The molecule has 0 bridgehead atoms. The number of likely N-dealkylation sites (tertiary alicyclic amines) is 1. The molecule has 2 amide bonds. The van der Waals surface area contributed by atoms with Gasteiger partial charge in [0.25, 0.3) is 0 Å². The van der Waals surface area contributed by atoms with E-state index >= 15 is 0 Å². The van der Waals surface area contributed by atoms with Gasteiger partial charge in [0, 0.05) is 19.0 Å². The summed E-state index contributed by atoms with van der Waals surface area (Å²) in [5, 5.41) is 3.01. The summed E-state index contributed by atoms with van der Waals surface area (Å²) in [5.41, 5.74) is 0. The molecule has 6 nitrogen and oxygen atoms in total. The number of carbonyl (C=O) groups excluding carboxylic acids is 1. The van der Waals surface area contributed by atoms with Crippen molar-refractivity contribution in [3.8, 4) is 0 Å². The molecule has 3 rings (SSSR count). The SMILES string of the molecule is Cc1ccc(C(C)NC(=O)N2CCCC(C3(C)OCCO3)C2)o1. The molecule has 3 heterocycles. The number of nitrogens with zero attached hydrogens (tertiary/aromatic N) is 1. The highest BCUT2D eigenvalue weighted by Crippen LogP contribution is 2.34. The number of piperidine rings is 1. The third kappa shape index (κ3) is 3.53. The van der Waals surface area contributed by atoms with Crippen molar-refractivity contribution >= 4 is 6.03 Å². The van der Waals surface area contributed by atoms with Crippen LogP contribution >= 0.6 is 0 Å². The molecule has 0 aromatic carbocycles. The molecule has 2 aliphatic heterocycles. The summed E-state index contributed by atoms with van der Waals surface area (Å²) in [6.07, 6.45) is 1.99. The maximum atomic E-state index is 12.5. The van der Waals surface area contributed by atoms with Gasteiger partial charge in [0.15, 0.2) is 5.79 Å². The van der Waals surface area contributed by atoms with Gasteiger partial charge in [-0.25, -0.2) is 4.79 Å². The summed E-state index contributed by atoms with van der Waals surface area (Å²) >= 11 is 0. The van der Waals surface area contributed by atoms with Crippen molar-refractivity contribution in [2.75, 3.05) is 26.3 Å². The van der Waals surface area contributed by atoms with Gasteiger partial charge in [-0.05, 0) is 45.7 Å². The maximum absolute atomic E-state index is 12.5. The molecule has 1 N–H and O–H groups in total. The maximum Gasteiger partial charge on any atom is 0.317 e. The highest BCUT2D eigenvalue weighted by atomic mass is 16.7. The third-order valence-corrected chi connectivity index (χ3v) is 4.84. The van der Waals surface area contributed by atoms with E-state index in [-0.39, 0.29) is 18.0 Å². The van der Waals surface area contributed by atoms with E-state index in [4.69, 9.17) is 13.9 Å². The van der Waals surface area contributed by atoms with Crippen LogP contribution in [0.25, 0.3) is 0 Å². The van der Waals surface area contributed by atoms with Gasteiger partial charge in [-0.15, -0.1) is 0 Å². The number of ether oxygens (including phenoxy) is 2. The van der Waals surface area contributed by atoms with E-state index in [2.05, 4.69) is 5.32 Å². The van der Waals surface area contributed by atoms with Gasteiger partial charge in [0.1, 0.15) is 11.5 Å². The minimum Gasteiger partial charge on any atom is -0.464 e. The van der Waals surface area contributed by atoms with Gasteiger partial charge in [-0.3, -0.25) is 0 Å². The van der Waals surface area contributed by atoms with Crippen molar-refractivity contribution in [1.82, 2.24) is 10.2 Å². The van der Waals surface area contributed by atoms with Crippen LogP contribution in [0.5, 0.6) is 0 Å². The quantitative estimate of drug-likeness (QED) is 0.929. The van der Waals surface area contributed by atoms with Gasteiger partial charge in [0.05, 0.1) is 19.3 Å². The number of nitrogens with one attached hydrogen (secondary N) is 1. The molecular formula is C17H26N2O4. The molecule has 2 atom stereocenters. The molecular weight excluding hydrogens is 296 g/mol. The summed E-state index contributed by atoms with van der Waals surface area (Å²) in [6, 6.07) is 3.61. The lowest BCUT2D eigenvalue weighted by Crippen LogP contribution is -2.51. The molecule has 1 aromatic heterocycles. The Morgan fingerprint density at radius 2 is 2.13 bits per heavy atom. The first-order valence-electron chi connectivity index (χ1n) is 8.37. The number of carbonyl (C=O) groups is 1. The Kier molecular flexibility index (Phi) is 4.64. The van der Waals surface area contributed by atoms with Crippen LogP contribution in [0.4, 0.5) is 4.79 Å². The smallest absolute Gasteiger partial charge is 0.317 e. The summed E-state index contributed by atoms with van der Waals surface area (Å²) in [5.74, 6) is 1.29. The molecule has 128 valence electrons. The molecule has 23 heavy (non-hydrogen) atoms. The van der Waals surface area contributed by atoms with E-state index in [1.807, 2.05) is 37.8 Å². The van der Waals surface area contributed by atoms with Crippen LogP contribution in [-0.2, 0) is 9.47 Å². The summed E-state index contributed by atoms with van der Waals surface area (Å²) in [4.78, 5) is 14.4. The van der Waals surface area contributed by atoms with Crippen LogP contribution in [0.1, 0.15) is 44.3 Å². The normalized spacial score (nSPS) is 25.3. The van der Waals surface area contributed by atoms with E-state index in [1.165, 1.54) is 0 Å². The number of urea groups is 1. The van der Waals surface area contributed by atoms with Crippen LogP contribution in [0.2, 0.25) is 0 Å². The summed E-state index contributed by atoms with van der Waals surface area (Å²) in [6.45, 7) is 8.51. The van der Waals surface area contributed by atoms with E-state index in [1.54, 1.807) is 0 Å². The van der Waals surface area contributed by atoms with E-state index in [0.29, 0.717) is 19.8 Å². The average Bonchev–Trinajstić information content (AvgIpc) is 3.17. The minimum absolute atomic E-state index is 0.0575. The second kappa shape index (κ2) is 6.53. The van der Waals surface area contributed by atoms with Gasteiger partial charge >= 0.3 is 6.03 Å². The number of hydrogen-bond acceptors (Lipinski definition) is 4. The Morgan fingerprint density at radius 3 is 2.78 bits per heavy atom. The monoisotopic (exact) mass is 322 g/mol. The van der Waals surface area contributed by atoms with Gasteiger partial charge < -0.3 is 24.1 Å². The molecule has 0 radical (unpaired) electrons. The Hall–Kier alpha value is -1.53. The Labute approximate surface area is 137 Å². The fourth-order valence-electron chi connectivity index (χ4n) is 3.39. The average molecular weight is 322 g/mol. The molecule has 2 aliphatic rings. The highest BCUT2D eigenvalue weighted by molar-refractivity contribution is 5.74. The molecule has 2 saturated heterocycles. The van der Waals surface area contributed by atoms with E-state index < -0.39 is 5.79 Å². The lowest BCUT2D eigenvalue weighted by atomic mass is 9.90. The first kappa shape index (κ1) is 16.3. The lowest BCUT2D eigenvalue weighted by Gasteiger charge is -2.40. The minimum atomic E-state index is -0.553. The van der Waals surface area contributed by atoms with E-state index in [9.17, 15) is 4.79 Å². The lowest BCUT2D eigenvalue weighted by molar-refractivity contribution is -0.189. The summed E-state index contributed by atoms with van der Waals surface area (Å²) < 4.78 is 17.1.